The molecule has 0 aromatic carbocycles. The summed E-state index contributed by atoms with van der Waals surface area (Å²) in [4.78, 5) is 2.41. The Morgan fingerprint density at radius 3 is 3.00 bits per heavy atom. The van der Waals surface area contributed by atoms with E-state index >= 15 is 0 Å². The molecule has 0 amide bonds. The van der Waals surface area contributed by atoms with Gasteiger partial charge in [-0.1, -0.05) is 15.9 Å². The topological polar surface area (TPSA) is 3.24 Å². The molecule has 1 heterocycles. The van der Waals surface area contributed by atoms with Gasteiger partial charge in [0.15, 0.2) is 0 Å². The quantitative estimate of drug-likeness (QED) is 0.680. The Labute approximate surface area is 88.8 Å². The molecule has 0 radical (unpaired) electrons. The van der Waals surface area contributed by atoms with Gasteiger partial charge in [-0.2, -0.15) is 0 Å². The Morgan fingerprint density at radius 2 is 2.31 bits per heavy atom. The van der Waals surface area contributed by atoms with Crippen LogP contribution in [0.4, 0.5) is 4.39 Å². The van der Waals surface area contributed by atoms with Crippen LogP contribution in [0, 0.1) is 5.92 Å². The number of hydrogen-bond donors (Lipinski definition) is 0. The predicted molar refractivity (Wildman–Crippen MR) is 58.2 cm³/mol. The molecule has 1 unspecified atom stereocenters. The molecule has 1 aliphatic rings. The Balaban J connectivity index is 2.16. The Kier molecular flexibility index (Phi) is 5.96. The highest BCUT2D eigenvalue weighted by Gasteiger charge is 2.18. The molecule has 0 aliphatic carbocycles. The maximum atomic E-state index is 12.0. The van der Waals surface area contributed by atoms with Gasteiger partial charge in [-0.05, 0) is 38.1 Å². The average molecular weight is 252 g/mol. The summed E-state index contributed by atoms with van der Waals surface area (Å²) in [6.45, 7) is 3.15. The summed E-state index contributed by atoms with van der Waals surface area (Å²) < 4.78 is 12.0. The molecule has 0 spiro atoms. The molecule has 1 atom stereocenters. The van der Waals surface area contributed by atoms with Crippen LogP contribution in [0.1, 0.15) is 25.7 Å². The van der Waals surface area contributed by atoms with E-state index < -0.39 is 0 Å². The minimum atomic E-state index is -0.167. The minimum Gasteiger partial charge on any atom is -0.303 e. The molecule has 1 aliphatic heterocycles. The van der Waals surface area contributed by atoms with Gasteiger partial charge < -0.3 is 4.90 Å². The van der Waals surface area contributed by atoms with Crippen molar-refractivity contribution < 1.29 is 4.39 Å². The smallest absolute Gasteiger partial charge is 0.0906 e. The van der Waals surface area contributed by atoms with Gasteiger partial charge in [-0.15, -0.1) is 0 Å². The lowest BCUT2D eigenvalue weighted by molar-refractivity contribution is 0.167. The van der Waals surface area contributed by atoms with Crippen LogP contribution < -0.4 is 0 Å². The van der Waals surface area contributed by atoms with Crippen molar-refractivity contribution in [3.8, 4) is 0 Å². The van der Waals surface area contributed by atoms with Crippen LogP contribution >= 0.6 is 15.9 Å². The summed E-state index contributed by atoms with van der Waals surface area (Å²) in [6, 6.07) is 0. The van der Waals surface area contributed by atoms with Crippen LogP contribution in [0.15, 0.2) is 0 Å². The molecule has 1 rings (SSSR count). The van der Waals surface area contributed by atoms with Crippen molar-refractivity contribution in [2.24, 2.45) is 5.92 Å². The molecular weight excluding hydrogens is 233 g/mol. The molecule has 1 saturated heterocycles. The van der Waals surface area contributed by atoms with Crippen molar-refractivity contribution >= 4 is 15.9 Å². The predicted octanol–water partition coefficient (Wildman–Crippen LogP) is 2.84. The first-order valence-corrected chi connectivity index (χ1v) is 6.33. The summed E-state index contributed by atoms with van der Waals surface area (Å²) >= 11 is 3.48. The van der Waals surface area contributed by atoms with E-state index in [0.717, 1.165) is 17.8 Å². The summed E-state index contributed by atoms with van der Waals surface area (Å²) in [5.74, 6) is 0.840. The standard InChI is InChI=1S/C10H19BrFN/c11-5-4-10-3-1-7-13(9-10)8-2-6-12/h10H,1-9H2. The molecule has 1 fully saturated rings. The molecule has 0 N–H and O–H groups in total. The Hall–Kier alpha value is 0.370. The number of nitrogens with zero attached hydrogens (tertiary/aromatic N) is 1. The summed E-state index contributed by atoms with van der Waals surface area (Å²) in [5.41, 5.74) is 0. The molecule has 3 heteroatoms. The summed E-state index contributed by atoms with van der Waals surface area (Å²) in [5, 5.41) is 1.11. The van der Waals surface area contributed by atoms with Crippen molar-refractivity contribution in [3.63, 3.8) is 0 Å². The lowest BCUT2D eigenvalue weighted by Gasteiger charge is -2.32. The van der Waals surface area contributed by atoms with E-state index in [1.807, 2.05) is 0 Å². The van der Waals surface area contributed by atoms with Crippen LogP contribution in [0.5, 0.6) is 0 Å². The van der Waals surface area contributed by atoms with Crippen LogP contribution in [-0.4, -0.2) is 36.5 Å². The van der Waals surface area contributed by atoms with Crippen molar-refractivity contribution in [1.82, 2.24) is 4.90 Å². The molecule has 78 valence electrons. The zero-order valence-electron chi connectivity index (χ0n) is 8.14. The van der Waals surface area contributed by atoms with Crippen molar-refractivity contribution in [3.05, 3.63) is 0 Å². The summed E-state index contributed by atoms with van der Waals surface area (Å²) in [7, 11) is 0. The van der Waals surface area contributed by atoms with Gasteiger partial charge in [0.25, 0.3) is 0 Å². The third-order valence-electron chi connectivity index (χ3n) is 2.73. The van der Waals surface area contributed by atoms with Crippen molar-refractivity contribution in [1.29, 1.82) is 0 Å². The third-order valence-corrected chi connectivity index (χ3v) is 3.19. The molecule has 0 aromatic heterocycles. The van der Waals surface area contributed by atoms with E-state index in [2.05, 4.69) is 20.8 Å². The van der Waals surface area contributed by atoms with Gasteiger partial charge >= 0.3 is 0 Å². The van der Waals surface area contributed by atoms with E-state index in [-0.39, 0.29) is 6.67 Å². The van der Waals surface area contributed by atoms with Gasteiger partial charge in [-0.25, -0.2) is 0 Å². The first kappa shape index (κ1) is 11.4. The molecule has 1 nitrogen and oxygen atoms in total. The Bertz CT molecular complexity index is 130. The molecule has 0 bridgehead atoms. The Morgan fingerprint density at radius 1 is 1.46 bits per heavy atom. The fourth-order valence-electron chi connectivity index (χ4n) is 2.03. The second kappa shape index (κ2) is 6.77. The largest absolute Gasteiger partial charge is 0.303 e. The highest BCUT2D eigenvalue weighted by molar-refractivity contribution is 9.09. The lowest BCUT2D eigenvalue weighted by atomic mass is 9.95. The second-order valence-electron chi connectivity index (χ2n) is 3.83. The zero-order valence-corrected chi connectivity index (χ0v) is 9.73. The van der Waals surface area contributed by atoms with Gasteiger partial charge in [0.1, 0.15) is 0 Å². The average Bonchev–Trinajstić information content (AvgIpc) is 2.16. The zero-order chi connectivity index (χ0) is 9.52. The van der Waals surface area contributed by atoms with Crippen LogP contribution in [0.25, 0.3) is 0 Å². The molecule has 0 aromatic rings. The second-order valence-corrected chi connectivity index (χ2v) is 4.62. The molecular formula is C10H19BrFN. The number of piperidine rings is 1. The summed E-state index contributed by atoms with van der Waals surface area (Å²) in [6.07, 6.45) is 4.63. The number of rotatable bonds is 5. The number of alkyl halides is 2. The fraction of sp³-hybridized carbons (Fsp3) is 1.00. The van der Waals surface area contributed by atoms with Gasteiger partial charge in [0.2, 0.25) is 0 Å². The van der Waals surface area contributed by atoms with E-state index in [1.165, 1.54) is 32.4 Å². The maximum Gasteiger partial charge on any atom is 0.0906 e. The minimum absolute atomic E-state index is 0.167. The van der Waals surface area contributed by atoms with Gasteiger partial charge in [-0.3, -0.25) is 4.39 Å². The first-order chi connectivity index (χ1) is 6.36. The van der Waals surface area contributed by atoms with Gasteiger partial charge in [0.05, 0.1) is 6.67 Å². The van der Waals surface area contributed by atoms with Crippen LogP contribution in [0.2, 0.25) is 0 Å². The van der Waals surface area contributed by atoms with Crippen molar-refractivity contribution in [2.75, 3.05) is 31.6 Å². The molecule has 13 heavy (non-hydrogen) atoms. The fourth-order valence-corrected chi connectivity index (χ4v) is 2.68. The van der Waals surface area contributed by atoms with E-state index in [0.29, 0.717) is 6.42 Å². The van der Waals surface area contributed by atoms with Crippen LogP contribution in [0.3, 0.4) is 0 Å². The van der Waals surface area contributed by atoms with E-state index in [4.69, 9.17) is 0 Å². The SMILES string of the molecule is FCCCN1CCCC(CCBr)C1. The number of likely N-dealkylation sites (tertiary alicyclic amines) is 1. The highest BCUT2D eigenvalue weighted by atomic mass is 79.9. The maximum absolute atomic E-state index is 12.0. The third kappa shape index (κ3) is 4.41. The number of halogens is 2. The number of hydrogen-bond acceptors (Lipinski definition) is 1. The monoisotopic (exact) mass is 251 g/mol. The first-order valence-electron chi connectivity index (χ1n) is 5.21. The lowest BCUT2D eigenvalue weighted by Crippen LogP contribution is -2.36. The van der Waals surface area contributed by atoms with Crippen LogP contribution in [-0.2, 0) is 0 Å². The van der Waals surface area contributed by atoms with E-state index in [1.54, 1.807) is 0 Å². The highest BCUT2D eigenvalue weighted by Crippen LogP contribution is 2.20. The van der Waals surface area contributed by atoms with E-state index in [9.17, 15) is 4.39 Å². The normalized spacial score (nSPS) is 24.9. The molecule has 0 saturated carbocycles. The van der Waals surface area contributed by atoms with Crippen molar-refractivity contribution in [2.45, 2.75) is 25.7 Å². The van der Waals surface area contributed by atoms with Gasteiger partial charge in [0, 0.05) is 18.4 Å².